The molecule has 0 heterocycles. The van der Waals surface area contributed by atoms with Gasteiger partial charge in [0.2, 0.25) is 11.8 Å². The molecule has 2 amide bonds. The number of hydrogen-bond acceptors (Lipinski definition) is 3. The average molecular weight is 319 g/mol. The Balaban J connectivity index is 2.49. The Labute approximate surface area is 139 Å². The van der Waals surface area contributed by atoms with Crippen LogP contribution in [0.4, 0.5) is 5.69 Å². The van der Waals surface area contributed by atoms with Gasteiger partial charge in [-0.1, -0.05) is 12.1 Å². The number of anilines is 1. The molecule has 0 aliphatic carbocycles. The van der Waals surface area contributed by atoms with Crippen molar-refractivity contribution in [2.24, 2.45) is 0 Å². The van der Waals surface area contributed by atoms with E-state index >= 15 is 0 Å². The van der Waals surface area contributed by atoms with Crippen molar-refractivity contribution in [2.45, 2.75) is 33.6 Å². The number of amides is 2. The molecule has 0 atom stereocenters. The monoisotopic (exact) mass is 319 g/mol. The first kappa shape index (κ1) is 19.2. The summed E-state index contributed by atoms with van der Waals surface area (Å²) in [5, 5.41) is 2.93. The fourth-order valence-corrected chi connectivity index (χ4v) is 2.34. The highest BCUT2D eigenvalue weighted by Gasteiger charge is 2.12. The van der Waals surface area contributed by atoms with Crippen molar-refractivity contribution in [3.63, 3.8) is 0 Å². The lowest BCUT2D eigenvalue weighted by Crippen LogP contribution is -2.34. The largest absolute Gasteiger partial charge is 0.342 e. The van der Waals surface area contributed by atoms with Crippen molar-refractivity contribution in [2.75, 3.05) is 39.0 Å². The third-order valence-electron chi connectivity index (χ3n) is 3.97. The maximum atomic E-state index is 12.1. The first-order chi connectivity index (χ1) is 10.8. The molecule has 5 nitrogen and oxygen atoms in total. The van der Waals surface area contributed by atoms with Gasteiger partial charge in [-0.05, 0) is 58.1 Å². The Morgan fingerprint density at radius 3 is 2.39 bits per heavy atom. The second-order valence-electron chi connectivity index (χ2n) is 6.21. The predicted molar refractivity (Wildman–Crippen MR) is 94.6 cm³/mol. The van der Waals surface area contributed by atoms with E-state index in [1.807, 2.05) is 46.1 Å². The third-order valence-corrected chi connectivity index (χ3v) is 3.97. The number of carbonyl (C=O) groups excluding carboxylic acids is 2. The molecule has 0 saturated heterocycles. The van der Waals surface area contributed by atoms with E-state index in [1.54, 1.807) is 11.8 Å². The van der Waals surface area contributed by atoms with Crippen LogP contribution in [-0.4, -0.2) is 55.3 Å². The molecule has 0 spiro atoms. The minimum Gasteiger partial charge on any atom is -0.342 e. The highest BCUT2D eigenvalue weighted by atomic mass is 16.2. The van der Waals surface area contributed by atoms with Gasteiger partial charge in [0.05, 0.1) is 0 Å². The summed E-state index contributed by atoms with van der Waals surface area (Å²) < 4.78 is 0. The van der Waals surface area contributed by atoms with Crippen molar-refractivity contribution in [3.05, 3.63) is 29.3 Å². The zero-order valence-corrected chi connectivity index (χ0v) is 15.0. The highest BCUT2D eigenvalue weighted by Crippen LogP contribution is 2.18. The minimum absolute atomic E-state index is 0.0169. The van der Waals surface area contributed by atoms with Crippen LogP contribution in [0.2, 0.25) is 0 Å². The van der Waals surface area contributed by atoms with Crippen molar-refractivity contribution < 1.29 is 9.59 Å². The van der Waals surface area contributed by atoms with Crippen LogP contribution >= 0.6 is 0 Å². The lowest BCUT2D eigenvalue weighted by molar-refractivity contribution is -0.129. The van der Waals surface area contributed by atoms with Crippen LogP contribution in [0.3, 0.4) is 0 Å². The summed E-state index contributed by atoms with van der Waals surface area (Å²) >= 11 is 0. The summed E-state index contributed by atoms with van der Waals surface area (Å²) in [6, 6.07) is 5.86. The van der Waals surface area contributed by atoms with Gasteiger partial charge in [0.15, 0.2) is 0 Å². The SMILES string of the molecule is CC(=O)N(CCCN(C)C)CCC(=O)Nc1cccc(C)c1C. The molecule has 0 radical (unpaired) electrons. The number of aryl methyl sites for hydroxylation is 1. The lowest BCUT2D eigenvalue weighted by atomic mass is 10.1. The van der Waals surface area contributed by atoms with E-state index in [0.29, 0.717) is 19.5 Å². The van der Waals surface area contributed by atoms with Crippen LogP contribution in [0.1, 0.15) is 30.9 Å². The molecule has 0 unspecified atom stereocenters. The molecule has 1 aromatic rings. The predicted octanol–water partition coefficient (Wildman–Crippen LogP) is 2.43. The normalized spacial score (nSPS) is 10.7. The maximum Gasteiger partial charge on any atom is 0.226 e. The Kier molecular flexibility index (Phi) is 7.75. The molecule has 0 bridgehead atoms. The molecular formula is C18H29N3O2. The quantitative estimate of drug-likeness (QED) is 0.801. The number of nitrogens with zero attached hydrogens (tertiary/aromatic N) is 2. The fourth-order valence-electron chi connectivity index (χ4n) is 2.34. The second kappa shape index (κ2) is 9.30. The molecule has 1 aromatic carbocycles. The van der Waals surface area contributed by atoms with Crippen molar-refractivity contribution in [1.82, 2.24) is 9.80 Å². The van der Waals surface area contributed by atoms with E-state index in [0.717, 1.165) is 29.8 Å². The first-order valence-electron chi connectivity index (χ1n) is 8.07. The Morgan fingerprint density at radius 1 is 1.09 bits per heavy atom. The van der Waals surface area contributed by atoms with Gasteiger partial charge < -0.3 is 15.1 Å². The summed E-state index contributed by atoms with van der Waals surface area (Å²) in [7, 11) is 4.02. The maximum absolute atomic E-state index is 12.1. The Hall–Kier alpha value is -1.88. The summed E-state index contributed by atoms with van der Waals surface area (Å²) in [5.41, 5.74) is 3.07. The molecule has 5 heteroatoms. The third kappa shape index (κ3) is 6.82. The van der Waals surface area contributed by atoms with Gasteiger partial charge >= 0.3 is 0 Å². The standard InChI is InChI=1S/C18H29N3O2/c1-14-8-6-9-17(15(14)2)19-18(23)10-13-21(16(3)22)12-7-11-20(4)5/h6,8-9H,7,10-13H2,1-5H3,(H,19,23). The summed E-state index contributed by atoms with van der Waals surface area (Å²) in [4.78, 5) is 27.6. The Bertz CT molecular complexity index is 541. The average Bonchev–Trinajstić information content (AvgIpc) is 2.46. The van der Waals surface area contributed by atoms with E-state index in [2.05, 4.69) is 10.2 Å². The zero-order chi connectivity index (χ0) is 17.4. The molecule has 0 fully saturated rings. The molecule has 0 aliphatic rings. The minimum atomic E-state index is -0.0578. The molecular weight excluding hydrogens is 290 g/mol. The van der Waals surface area contributed by atoms with Gasteiger partial charge in [-0.25, -0.2) is 0 Å². The van der Waals surface area contributed by atoms with Crippen molar-refractivity contribution >= 4 is 17.5 Å². The van der Waals surface area contributed by atoms with E-state index in [1.165, 1.54) is 0 Å². The van der Waals surface area contributed by atoms with Crippen LogP contribution in [0.5, 0.6) is 0 Å². The number of nitrogens with one attached hydrogen (secondary N) is 1. The van der Waals surface area contributed by atoms with Crippen LogP contribution in [-0.2, 0) is 9.59 Å². The van der Waals surface area contributed by atoms with Crippen LogP contribution in [0, 0.1) is 13.8 Å². The van der Waals surface area contributed by atoms with Crippen molar-refractivity contribution in [1.29, 1.82) is 0 Å². The molecule has 1 rings (SSSR count). The second-order valence-corrected chi connectivity index (χ2v) is 6.21. The van der Waals surface area contributed by atoms with Crippen molar-refractivity contribution in [3.8, 4) is 0 Å². The summed E-state index contributed by atoms with van der Waals surface area (Å²) in [5.74, 6) is -0.0409. The topological polar surface area (TPSA) is 52.7 Å². The number of benzene rings is 1. The van der Waals surface area contributed by atoms with Gasteiger partial charge in [-0.2, -0.15) is 0 Å². The molecule has 0 aliphatic heterocycles. The lowest BCUT2D eigenvalue weighted by Gasteiger charge is -2.22. The van der Waals surface area contributed by atoms with Gasteiger partial charge in [0.1, 0.15) is 0 Å². The van der Waals surface area contributed by atoms with Crippen LogP contribution < -0.4 is 5.32 Å². The highest BCUT2D eigenvalue weighted by molar-refractivity contribution is 5.92. The van der Waals surface area contributed by atoms with Crippen LogP contribution in [0.25, 0.3) is 0 Å². The van der Waals surface area contributed by atoms with Gasteiger partial charge in [0.25, 0.3) is 0 Å². The summed E-state index contributed by atoms with van der Waals surface area (Å²) in [6.07, 6.45) is 1.22. The van der Waals surface area contributed by atoms with Gasteiger partial charge in [-0.3, -0.25) is 9.59 Å². The zero-order valence-electron chi connectivity index (χ0n) is 15.0. The van der Waals surface area contributed by atoms with E-state index in [-0.39, 0.29) is 11.8 Å². The van der Waals surface area contributed by atoms with E-state index in [4.69, 9.17) is 0 Å². The molecule has 0 aromatic heterocycles. The van der Waals surface area contributed by atoms with Gasteiger partial charge in [-0.15, -0.1) is 0 Å². The smallest absolute Gasteiger partial charge is 0.226 e. The molecule has 1 N–H and O–H groups in total. The van der Waals surface area contributed by atoms with E-state index < -0.39 is 0 Å². The first-order valence-corrected chi connectivity index (χ1v) is 8.07. The summed E-state index contributed by atoms with van der Waals surface area (Å²) in [6.45, 7) is 7.64. The fraction of sp³-hybridized carbons (Fsp3) is 0.556. The molecule has 23 heavy (non-hydrogen) atoms. The molecule has 128 valence electrons. The van der Waals surface area contributed by atoms with E-state index in [9.17, 15) is 9.59 Å². The Morgan fingerprint density at radius 2 is 1.78 bits per heavy atom. The van der Waals surface area contributed by atoms with Crippen LogP contribution in [0.15, 0.2) is 18.2 Å². The number of carbonyl (C=O) groups is 2. The number of rotatable bonds is 8. The number of hydrogen-bond donors (Lipinski definition) is 1. The van der Waals surface area contributed by atoms with Gasteiger partial charge in [0, 0.05) is 32.1 Å². The molecule has 0 saturated carbocycles.